The monoisotopic (exact) mass is 296 g/mol. The van der Waals surface area contributed by atoms with Crippen molar-refractivity contribution in [2.45, 2.75) is 25.7 Å². The molecule has 1 saturated heterocycles. The molecule has 0 spiro atoms. The highest BCUT2D eigenvalue weighted by Crippen LogP contribution is 2.44. The number of hydrogen-bond acceptors (Lipinski definition) is 4. The molecule has 114 valence electrons. The number of anilines is 1. The van der Waals surface area contributed by atoms with E-state index in [0.717, 1.165) is 49.1 Å². The smallest absolute Gasteiger partial charge is 0.232 e. The van der Waals surface area contributed by atoms with Gasteiger partial charge in [0.1, 0.15) is 0 Å². The highest BCUT2D eigenvalue weighted by atomic mass is 16.2. The molecule has 5 heteroatoms. The van der Waals surface area contributed by atoms with Gasteiger partial charge >= 0.3 is 0 Å². The fraction of sp³-hybridized carbons (Fsp3) is 0.471. The molecule has 0 unspecified atom stereocenters. The van der Waals surface area contributed by atoms with Gasteiger partial charge in [-0.05, 0) is 43.5 Å². The molecule has 0 radical (unpaired) electrons. The summed E-state index contributed by atoms with van der Waals surface area (Å²) >= 11 is 0. The molecule has 2 aliphatic rings. The second-order valence-corrected chi connectivity index (χ2v) is 6.44. The van der Waals surface area contributed by atoms with Crippen molar-refractivity contribution in [3.63, 3.8) is 0 Å². The van der Waals surface area contributed by atoms with Crippen LogP contribution in [0.15, 0.2) is 30.6 Å². The Bertz CT molecular complexity index is 717. The van der Waals surface area contributed by atoms with E-state index in [-0.39, 0.29) is 11.3 Å². The van der Waals surface area contributed by atoms with Crippen LogP contribution < -0.4 is 10.6 Å². The molecule has 4 rings (SSSR count). The van der Waals surface area contributed by atoms with Crippen LogP contribution in [0.2, 0.25) is 0 Å². The van der Waals surface area contributed by atoms with Crippen LogP contribution in [0.25, 0.3) is 11.0 Å². The number of nitrogens with one attached hydrogen (secondary N) is 2. The summed E-state index contributed by atoms with van der Waals surface area (Å²) in [6.07, 6.45) is 7.89. The Morgan fingerprint density at radius 2 is 2.09 bits per heavy atom. The van der Waals surface area contributed by atoms with E-state index in [1.165, 1.54) is 6.42 Å². The lowest BCUT2D eigenvalue weighted by Crippen LogP contribution is -2.44. The van der Waals surface area contributed by atoms with Crippen molar-refractivity contribution in [3.05, 3.63) is 30.6 Å². The van der Waals surface area contributed by atoms with Gasteiger partial charge in [0.2, 0.25) is 5.91 Å². The number of rotatable bonds is 2. The van der Waals surface area contributed by atoms with E-state index < -0.39 is 0 Å². The Kier molecular flexibility index (Phi) is 3.30. The predicted octanol–water partition coefficient (Wildman–Crippen LogP) is 2.35. The van der Waals surface area contributed by atoms with E-state index in [0.29, 0.717) is 5.92 Å². The lowest BCUT2D eigenvalue weighted by atomic mass is 9.67. The zero-order chi connectivity index (χ0) is 15.0. The Morgan fingerprint density at radius 3 is 3.00 bits per heavy atom. The van der Waals surface area contributed by atoms with E-state index in [4.69, 9.17) is 0 Å². The predicted molar refractivity (Wildman–Crippen MR) is 85.4 cm³/mol. The summed E-state index contributed by atoms with van der Waals surface area (Å²) in [7, 11) is 0. The van der Waals surface area contributed by atoms with E-state index in [2.05, 4.69) is 20.6 Å². The van der Waals surface area contributed by atoms with Crippen molar-refractivity contribution in [2.24, 2.45) is 11.3 Å². The maximum Gasteiger partial charge on any atom is 0.232 e. The summed E-state index contributed by atoms with van der Waals surface area (Å²) in [6.45, 7) is 1.77. The lowest BCUT2D eigenvalue weighted by molar-refractivity contribution is -0.128. The first-order valence-corrected chi connectivity index (χ1v) is 8.01. The molecule has 1 saturated carbocycles. The quantitative estimate of drug-likeness (QED) is 0.892. The van der Waals surface area contributed by atoms with Crippen molar-refractivity contribution in [1.29, 1.82) is 0 Å². The van der Waals surface area contributed by atoms with Crippen LogP contribution in [-0.2, 0) is 4.79 Å². The number of nitrogens with zero attached hydrogens (tertiary/aromatic N) is 2. The van der Waals surface area contributed by atoms with E-state index in [9.17, 15) is 4.79 Å². The van der Waals surface area contributed by atoms with Gasteiger partial charge in [0.15, 0.2) is 0 Å². The zero-order valence-corrected chi connectivity index (χ0v) is 12.5. The number of fused-ring (bicyclic) bond motifs is 2. The third-order valence-corrected chi connectivity index (χ3v) is 5.22. The standard InChI is InChI=1S/C17H20N4O/c22-16(17-6-2-1-3-12(17)10-18-11-17)21-13-4-5-14-15(9-13)20-8-7-19-14/h4-5,7-9,12,18H,1-3,6,10-11H2,(H,21,22)/t12-,17+/m0/s1. The van der Waals surface area contributed by atoms with Gasteiger partial charge in [-0.25, -0.2) is 0 Å². The minimum Gasteiger partial charge on any atom is -0.325 e. The average Bonchev–Trinajstić information content (AvgIpc) is 3.00. The van der Waals surface area contributed by atoms with Crippen LogP contribution in [-0.4, -0.2) is 29.0 Å². The SMILES string of the molecule is O=C(Nc1ccc2nccnc2c1)[C@@]12CCCC[C@H]1CNC2. The van der Waals surface area contributed by atoms with Gasteiger partial charge in [-0.15, -0.1) is 0 Å². The topological polar surface area (TPSA) is 66.9 Å². The first kappa shape index (κ1) is 13.6. The molecule has 1 aliphatic heterocycles. The van der Waals surface area contributed by atoms with E-state index in [1.807, 2.05) is 18.2 Å². The molecule has 2 N–H and O–H groups in total. The molecule has 2 aromatic rings. The van der Waals surface area contributed by atoms with Crippen LogP contribution in [0.5, 0.6) is 0 Å². The average molecular weight is 296 g/mol. The molecule has 5 nitrogen and oxygen atoms in total. The molecule has 2 heterocycles. The van der Waals surface area contributed by atoms with Crippen LogP contribution in [0, 0.1) is 11.3 Å². The molecule has 1 aromatic carbocycles. The molecular weight excluding hydrogens is 276 g/mol. The third kappa shape index (κ3) is 2.16. The maximum absolute atomic E-state index is 12.9. The number of amides is 1. The third-order valence-electron chi connectivity index (χ3n) is 5.22. The Hall–Kier alpha value is -2.01. The largest absolute Gasteiger partial charge is 0.325 e. The van der Waals surface area contributed by atoms with E-state index >= 15 is 0 Å². The van der Waals surface area contributed by atoms with Crippen LogP contribution in [0.4, 0.5) is 5.69 Å². The molecule has 1 amide bonds. The molecule has 0 bridgehead atoms. The first-order chi connectivity index (χ1) is 10.8. The minimum absolute atomic E-state index is 0.158. The molecule has 2 atom stereocenters. The molecule has 1 aliphatic carbocycles. The summed E-state index contributed by atoms with van der Waals surface area (Å²) in [5, 5.41) is 6.54. The molecule has 2 fully saturated rings. The van der Waals surface area contributed by atoms with Gasteiger partial charge in [-0.1, -0.05) is 12.8 Å². The number of aromatic nitrogens is 2. The van der Waals surface area contributed by atoms with Crippen molar-refractivity contribution in [3.8, 4) is 0 Å². The second kappa shape index (κ2) is 5.32. The van der Waals surface area contributed by atoms with Gasteiger partial charge in [0.25, 0.3) is 0 Å². The summed E-state index contributed by atoms with van der Waals surface area (Å²) < 4.78 is 0. The van der Waals surface area contributed by atoms with Gasteiger partial charge < -0.3 is 10.6 Å². The Morgan fingerprint density at radius 1 is 1.23 bits per heavy atom. The number of carbonyl (C=O) groups excluding carboxylic acids is 1. The highest BCUT2D eigenvalue weighted by Gasteiger charge is 2.49. The summed E-state index contributed by atoms with van der Waals surface area (Å²) in [5.41, 5.74) is 2.23. The van der Waals surface area contributed by atoms with Crippen LogP contribution in [0.1, 0.15) is 25.7 Å². The number of benzene rings is 1. The van der Waals surface area contributed by atoms with Crippen molar-refractivity contribution < 1.29 is 4.79 Å². The van der Waals surface area contributed by atoms with Crippen LogP contribution >= 0.6 is 0 Å². The van der Waals surface area contributed by atoms with Crippen LogP contribution in [0.3, 0.4) is 0 Å². The number of hydrogen-bond donors (Lipinski definition) is 2. The molecule has 1 aromatic heterocycles. The summed E-state index contributed by atoms with van der Waals surface area (Å²) in [5.74, 6) is 0.631. The van der Waals surface area contributed by atoms with Gasteiger partial charge in [0, 0.05) is 24.6 Å². The fourth-order valence-corrected chi connectivity index (χ4v) is 3.99. The van der Waals surface area contributed by atoms with Crippen molar-refractivity contribution >= 4 is 22.6 Å². The summed E-state index contributed by atoms with van der Waals surface area (Å²) in [4.78, 5) is 21.5. The molecule has 22 heavy (non-hydrogen) atoms. The first-order valence-electron chi connectivity index (χ1n) is 8.01. The summed E-state index contributed by atoms with van der Waals surface area (Å²) in [6, 6.07) is 5.71. The Balaban J connectivity index is 1.60. The zero-order valence-electron chi connectivity index (χ0n) is 12.5. The fourth-order valence-electron chi connectivity index (χ4n) is 3.99. The molecular formula is C17H20N4O. The van der Waals surface area contributed by atoms with E-state index in [1.54, 1.807) is 12.4 Å². The minimum atomic E-state index is -0.227. The van der Waals surface area contributed by atoms with Gasteiger partial charge in [-0.3, -0.25) is 14.8 Å². The lowest BCUT2D eigenvalue weighted by Gasteiger charge is -2.37. The highest BCUT2D eigenvalue weighted by molar-refractivity contribution is 5.97. The second-order valence-electron chi connectivity index (χ2n) is 6.44. The maximum atomic E-state index is 12.9. The normalized spacial score (nSPS) is 27.5. The number of carbonyl (C=O) groups is 1. The van der Waals surface area contributed by atoms with Crippen molar-refractivity contribution in [2.75, 3.05) is 18.4 Å². The Labute approximate surface area is 129 Å². The van der Waals surface area contributed by atoms with Gasteiger partial charge in [0.05, 0.1) is 16.4 Å². The van der Waals surface area contributed by atoms with Gasteiger partial charge in [-0.2, -0.15) is 0 Å². The van der Waals surface area contributed by atoms with Crippen molar-refractivity contribution in [1.82, 2.24) is 15.3 Å².